The number of esters is 1. The van der Waals surface area contributed by atoms with E-state index in [0.29, 0.717) is 24.0 Å². The molecule has 2 aromatic carbocycles. The van der Waals surface area contributed by atoms with Gasteiger partial charge in [-0.3, -0.25) is 0 Å². The summed E-state index contributed by atoms with van der Waals surface area (Å²) in [6.07, 6.45) is 5.37. The van der Waals surface area contributed by atoms with Crippen molar-refractivity contribution in [3.63, 3.8) is 0 Å². The molecule has 1 aliphatic heterocycles. The van der Waals surface area contributed by atoms with Crippen LogP contribution in [0.1, 0.15) is 47.2 Å². The van der Waals surface area contributed by atoms with Gasteiger partial charge in [-0.15, -0.1) is 0 Å². The number of hydrogen-bond donors (Lipinski definition) is 1. The van der Waals surface area contributed by atoms with Gasteiger partial charge in [-0.2, -0.15) is 0 Å². The van der Waals surface area contributed by atoms with Gasteiger partial charge >= 0.3 is 5.97 Å². The number of ether oxygens (including phenoxy) is 2. The zero-order chi connectivity index (χ0) is 22.3. The molecule has 32 heavy (non-hydrogen) atoms. The molecule has 5 nitrogen and oxygen atoms in total. The van der Waals surface area contributed by atoms with Crippen molar-refractivity contribution in [3.8, 4) is 5.75 Å². The zero-order valence-electron chi connectivity index (χ0n) is 18.5. The van der Waals surface area contributed by atoms with Crippen LogP contribution in [0.3, 0.4) is 0 Å². The molecule has 0 unspecified atom stereocenters. The van der Waals surface area contributed by atoms with Crippen LogP contribution in [0.5, 0.6) is 5.75 Å². The molecular formula is C26H30ClNO4. The summed E-state index contributed by atoms with van der Waals surface area (Å²) >= 11 is 6.32. The van der Waals surface area contributed by atoms with Crippen LogP contribution in [0.4, 0.5) is 5.69 Å². The number of anilines is 1. The standard InChI is InChI=1S/C26H30ClNO4/c1-31-25(30)18-6-9-24-23(12-18)28(13-19-4-5-20(19)14-29)15-26(16-32-24)10-2-3-17-11-21(27)7-8-22(17)26/h6-9,11-12,19-20,29H,2-5,10,13-16H2,1H3/t19-,20-,26-/m0/s1. The van der Waals surface area contributed by atoms with Crippen LogP contribution in [-0.2, 0) is 16.6 Å². The molecule has 1 spiro atoms. The smallest absolute Gasteiger partial charge is 0.337 e. The van der Waals surface area contributed by atoms with Gasteiger partial charge in [0.2, 0.25) is 0 Å². The minimum Gasteiger partial charge on any atom is -0.490 e. The summed E-state index contributed by atoms with van der Waals surface area (Å²) < 4.78 is 11.4. The van der Waals surface area contributed by atoms with Gasteiger partial charge in [0.05, 0.1) is 25.0 Å². The van der Waals surface area contributed by atoms with E-state index >= 15 is 0 Å². The predicted octanol–water partition coefficient (Wildman–Crippen LogP) is 4.62. The van der Waals surface area contributed by atoms with Crippen molar-refractivity contribution < 1.29 is 19.4 Å². The van der Waals surface area contributed by atoms with Crippen molar-refractivity contribution in [1.29, 1.82) is 0 Å². The molecule has 5 rings (SSSR count). The molecule has 2 aliphatic carbocycles. The van der Waals surface area contributed by atoms with E-state index in [1.165, 1.54) is 18.2 Å². The summed E-state index contributed by atoms with van der Waals surface area (Å²) in [6.45, 7) is 2.48. The number of aryl methyl sites for hydroxylation is 1. The molecule has 1 N–H and O–H groups in total. The van der Waals surface area contributed by atoms with Gasteiger partial charge < -0.3 is 19.5 Å². The molecule has 0 aromatic heterocycles. The highest BCUT2D eigenvalue weighted by Gasteiger charge is 2.43. The Kier molecular flexibility index (Phi) is 5.81. The zero-order valence-corrected chi connectivity index (χ0v) is 19.2. The molecule has 2 aromatic rings. The van der Waals surface area contributed by atoms with Crippen molar-refractivity contribution in [3.05, 3.63) is 58.1 Å². The fourth-order valence-electron chi connectivity index (χ4n) is 5.76. The molecule has 6 heteroatoms. The summed E-state index contributed by atoms with van der Waals surface area (Å²) in [4.78, 5) is 14.6. The molecule has 3 atom stereocenters. The van der Waals surface area contributed by atoms with Crippen molar-refractivity contribution in [2.45, 2.75) is 37.5 Å². The first-order chi connectivity index (χ1) is 15.5. The average Bonchev–Trinajstić information content (AvgIpc) is 2.93. The number of benzene rings is 2. The van der Waals surface area contributed by atoms with Gasteiger partial charge in [-0.25, -0.2) is 4.79 Å². The van der Waals surface area contributed by atoms with Crippen LogP contribution < -0.4 is 9.64 Å². The number of aliphatic hydroxyl groups is 1. The lowest BCUT2D eigenvalue weighted by molar-refractivity contribution is 0.0600. The van der Waals surface area contributed by atoms with Gasteiger partial charge in [0, 0.05) is 30.1 Å². The highest BCUT2D eigenvalue weighted by atomic mass is 35.5. The number of hydrogen-bond acceptors (Lipinski definition) is 5. The number of nitrogens with zero attached hydrogens (tertiary/aromatic N) is 1. The highest BCUT2D eigenvalue weighted by molar-refractivity contribution is 6.30. The van der Waals surface area contributed by atoms with E-state index in [4.69, 9.17) is 21.1 Å². The summed E-state index contributed by atoms with van der Waals surface area (Å²) in [5.41, 5.74) is 3.96. The maximum absolute atomic E-state index is 12.2. The first-order valence-electron chi connectivity index (χ1n) is 11.5. The molecule has 0 bridgehead atoms. The van der Waals surface area contributed by atoms with E-state index in [2.05, 4.69) is 17.0 Å². The Balaban J connectivity index is 1.56. The van der Waals surface area contributed by atoms with E-state index in [1.807, 2.05) is 18.2 Å². The Hall–Kier alpha value is -2.24. The Morgan fingerprint density at radius 3 is 2.84 bits per heavy atom. The number of carbonyl (C=O) groups excluding carboxylic acids is 1. The van der Waals surface area contributed by atoms with Gasteiger partial charge in [0.15, 0.2) is 0 Å². The molecule has 0 amide bonds. The minimum absolute atomic E-state index is 0.138. The lowest BCUT2D eigenvalue weighted by Gasteiger charge is -2.44. The Bertz CT molecular complexity index is 1020. The number of methoxy groups -OCH3 is 1. The second-order valence-corrected chi connectivity index (χ2v) is 10.00. The summed E-state index contributed by atoms with van der Waals surface area (Å²) in [7, 11) is 1.40. The number of carbonyl (C=O) groups is 1. The van der Waals surface area contributed by atoms with Crippen LogP contribution in [0, 0.1) is 11.8 Å². The number of fused-ring (bicyclic) bond motifs is 3. The predicted molar refractivity (Wildman–Crippen MR) is 125 cm³/mol. The van der Waals surface area contributed by atoms with Crippen LogP contribution >= 0.6 is 11.6 Å². The SMILES string of the molecule is COC(=O)c1ccc2c(c1)N(C[C@@H]1CC[C@H]1CO)C[C@@]1(CCCc3cc(Cl)ccc31)CO2. The maximum Gasteiger partial charge on any atom is 0.337 e. The molecule has 1 saturated carbocycles. The van der Waals surface area contributed by atoms with E-state index in [1.54, 1.807) is 6.07 Å². The minimum atomic E-state index is -0.346. The second kappa shape index (κ2) is 8.60. The van der Waals surface area contributed by atoms with Crippen LogP contribution in [0.2, 0.25) is 5.02 Å². The van der Waals surface area contributed by atoms with E-state index in [9.17, 15) is 9.90 Å². The molecule has 170 valence electrons. The third kappa shape index (κ3) is 3.75. The normalized spacial score (nSPS) is 26.4. The first kappa shape index (κ1) is 21.6. The topological polar surface area (TPSA) is 59.0 Å². The third-order valence-electron chi connectivity index (χ3n) is 7.72. The number of halogens is 1. The van der Waals surface area contributed by atoms with Crippen molar-refractivity contribution in [1.82, 2.24) is 0 Å². The fourth-order valence-corrected chi connectivity index (χ4v) is 5.96. The second-order valence-electron chi connectivity index (χ2n) is 9.56. The molecule has 1 heterocycles. The van der Waals surface area contributed by atoms with Crippen molar-refractivity contribution in [2.75, 3.05) is 38.3 Å². The molecule has 3 aliphatic rings. The molecular weight excluding hydrogens is 426 g/mol. The van der Waals surface area contributed by atoms with Gasteiger partial charge in [0.1, 0.15) is 5.75 Å². The Morgan fingerprint density at radius 1 is 1.25 bits per heavy atom. The Labute approximate surface area is 194 Å². The molecule has 0 saturated heterocycles. The molecule has 0 radical (unpaired) electrons. The maximum atomic E-state index is 12.2. The van der Waals surface area contributed by atoms with Crippen LogP contribution in [0.25, 0.3) is 0 Å². The summed E-state index contributed by atoms with van der Waals surface area (Å²) in [5, 5.41) is 10.5. The monoisotopic (exact) mass is 455 g/mol. The third-order valence-corrected chi connectivity index (χ3v) is 7.96. The van der Waals surface area contributed by atoms with Gasteiger partial charge in [-0.05, 0) is 85.4 Å². The van der Waals surface area contributed by atoms with Gasteiger partial charge in [0.25, 0.3) is 0 Å². The average molecular weight is 456 g/mol. The van der Waals surface area contributed by atoms with E-state index in [0.717, 1.165) is 61.7 Å². The van der Waals surface area contributed by atoms with E-state index in [-0.39, 0.29) is 18.0 Å². The van der Waals surface area contributed by atoms with Crippen LogP contribution in [0.15, 0.2) is 36.4 Å². The largest absolute Gasteiger partial charge is 0.490 e. The summed E-state index contributed by atoms with van der Waals surface area (Å²) in [5.74, 6) is 1.25. The lowest BCUT2D eigenvalue weighted by Crippen LogP contribution is -2.48. The quantitative estimate of drug-likeness (QED) is 0.682. The van der Waals surface area contributed by atoms with E-state index < -0.39 is 0 Å². The van der Waals surface area contributed by atoms with Crippen molar-refractivity contribution >= 4 is 23.3 Å². The Morgan fingerprint density at radius 2 is 2.09 bits per heavy atom. The highest BCUT2D eigenvalue weighted by Crippen LogP contribution is 2.46. The van der Waals surface area contributed by atoms with Gasteiger partial charge in [-0.1, -0.05) is 17.7 Å². The molecule has 1 fully saturated rings. The lowest BCUT2D eigenvalue weighted by atomic mass is 9.69. The number of aliphatic hydroxyl groups excluding tert-OH is 1. The number of rotatable bonds is 4. The first-order valence-corrected chi connectivity index (χ1v) is 11.9. The van der Waals surface area contributed by atoms with Crippen LogP contribution in [-0.4, -0.2) is 44.5 Å². The summed E-state index contributed by atoms with van der Waals surface area (Å²) in [6, 6.07) is 11.8. The fraction of sp³-hybridized carbons (Fsp3) is 0.500. The van der Waals surface area contributed by atoms with Crippen molar-refractivity contribution in [2.24, 2.45) is 11.8 Å².